The Hall–Kier alpha value is -1.22. The van der Waals surface area contributed by atoms with Crippen molar-refractivity contribution in [3.8, 4) is 0 Å². The summed E-state index contributed by atoms with van der Waals surface area (Å²) in [7, 11) is 0. The van der Waals surface area contributed by atoms with Gasteiger partial charge >= 0.3 is 0 Å². The van der Waals surface area contributed by atoms with Crippen LogP contribution in [0.5, 0.6) is 0 Å². The minimum Gasteiger partial charge on any atom is -0.598 e. The van der Waals surface area contributed by atoms with Gasteiger partial charge in [0.1, 0.15) is 10.6 Å². The molecule has 0 aliphatic rings. The summed E-state index contributed by atoms with van der Waals surface area (Å²) in [5, 5.41) is 20.4. The number of nitro benzene ring substituents is 1. The molecule has 2 atom stereocenters. The fourth-order valence-electron chi connectivity index (χ4n) is 2.20. The molecule has 0 unspecified atom stereocenters. The lowest BCUT2D eigenvalue weighted by Crippen LogP contribution is -2.52. The lowest BCUT2D eigenvalue weighted by atomic mass is 9.85. The van der Waals surface area contributed by atoms with E-state index in [4.69, 9.17) is 0 Å². The molecule has 1 rings (SSSR count). The molecular formula is C15H23FN2O4S. The van der Waals surface area contributed by atoms with E-state index in [1.807, 2.05) is 0 Å². The quantitative estimate of drug-likeness (QED) is 0.449. The van der Waals surface area contributed by atoms with Gasteiger partial charge in [-0.15, -0.1) is 4.72 Å². The molecule has 2 N–H and O–H groups in total. The molecule has 0 heterocycles. The van der Waals surface area contributed by atoms with Crippen molar-refractivity contribution in [2.45, 2.75) is 50.8 Å². The molecular weight excluding hydrogens is 323 g/mol. The Morgan fingerprint density at radius 1 is 1.39 bits per heavy atom. The van der Waals surface area contributed by atoms with E-state index in [1.54, 1.807) is 27.7 Å². The van der Waals surface area contributed by atoms with Gasteiger partial charge in [-0.1, -0.05) is 6.92 Å². The zero-order chi connectivity index (χ0) is 17.8. The number of hydrogen-bond acceptors (Lipinski definition) is 5. The number of nitro groups is 1. The number of benzene rings is 1. The predicted octanol–water partition coefficient (Wildman–Crippen LogP) is 2.77. The van der Waals surface area contributed by atoms with Gasteiger partial charge in [0, 0.05) is 35.7 Å². The molecule has 0 spiro atoms. The van der Waals surface area contributed by atoms with Crippen molar-refractivity contribution in [3.05, 3.63) is 39.7 Å². The van der Waals surface area contributed by atoms with E-state index in [9.17, 15) is 24.2 Å². The standard InChI is InChI=1S/C15H23FN2O4S/c1-5-15(8-9-19,17-23(22)14(2,3)4)12-10-11(18(20)21)6-7-13(12)16/h6-7,10,17,19H,5,8-9H2,1-4H3/t15-,23-/m0/s1. The number of hydrogen-bond donors (Lipinski definition) is 2. The van der Waals surface area contributed by atoms with Gasteiger partial charge in [0.15, 0.2) is 0 Å². The van der Waals surface area contributed by atoms with E-state index in [0.29, 0.717) is 6.42 Å². The number of aliphatic hydroxyl groups is 1. The van der Waals surface area contributed by atoms with Crippen molar-refractivity contribution in [2.24, 2.45) is 0 Å². The molecule has 8 heteroatoms. The third-order valence-electron chi connectivity index (χ3n) is 3.66. The number of aliphatic hydroxyl groups excluding tert-OH is 1. The maximum Gasteiger partial charge on any atom is 0.269 e. The lowest BCUT2D eigenvalue weighted by Gasteiger charge is -2.37. The Labute approximate surface area is 138 Å². The minimum absolute atomic E-state index is 0.0425. The highest BCUT2D eigenvalue weighted by Gasteiger charge is 2.41. The van der Waals surface area contributed by atoms with E-state index in [0.717, 1.165) is 18.2 Å². The average Bonchev–Trinajstić information content (AvgIpc) is 2.45. The molecule has 0 fully saturated rings. The van der Waals surface area contributed by atoms with Gasteiger partial charge in [0.05, 0.1) is 10.5 Å². The van der Waals surface area contributed by atoms with E-state index in [-0.39, 0.29) is 24.3 Å². The molecule has 6 nitrogen and oxygen atoms in total. The highest BCUT2D eigenvalue weighted by molar-refractivity contribution is 7.90. The first-order chi connectivity index (χ1) is 10.6. The lowest BCUT2D eigenvalue weighted by molar-refractivity contribution is -0.385. The van der Waals surface area contributed by atoms with Crippen LogP contribution in [0.15, 0.2) is 18.2 Å². The summed E-state index contributed by atoms with van der Waals surface area (Å²) in [6.07, 6.45) is 0.400. The number of nitrogens with zero attached hydrogens (tertiary/aromatic N) is 1. The minimum atomic E-state index is -1.53. The zero-order valence-electron chi connectivity index (χ0n) is 13.8. The molecule has 0 aliphatic heterocycles. The van der Waals surface area contributed by atoms with Crippen molar-refractivity contribution in [1.82, 2.24) is 4.72 Å². The van der Waals surface area contributed by atoms with Gasteiger partial charge in [0.25, 0.3) is 5.69 Å². The molecule has 1 aromatic rings. The number of nitrogens with one attached hydrogen (secondary N) is 1. The number of rotatable bonds is 7. The smallest absolute Gasteiger partial charge is 0.269 e. The largest absolute Gasteiger partial charge is 0.598 e. The third kappa shape index (κ3) is 4.63. The van der Waals surface area contributed by atoms with Crippen molar-refractivity contribution in [3.63, 3.8) is 0 Å². The van der Waals surface area contributed by atoms with Gasteiger partial charge in [0.2, 0.25) is 0 Å². The fraction of sp³-hybridized carbons (Fsp3) is 0.600. The van der Waals surface area contributed by atoms with Gasteiger partial charge in [-0.05, 0) is 39.7 Å². The molecule has 23 heavy (non-hydrogen) atoms. The van der Waals surface area contributed by atoms with Crippen LogP contribution in [0.1, 0.15) is 46.1 Å². The van der Waals surface area contributed by atoms with Gasteiger partial charge in [-0.25, -0.2) is 4.39 Å². The van der Waals surface area contributed by atoms with Crippen LogP contribution < -0.4 is 4.72 Å². The van der Waals surface area contributed by atoms with Gasteiger partial charge in [-0.3, -0.25) is 10.1 Å². The van der Waals surface area contributed by atoms with Crippen LogP contribution in [0.3, 0.4) is 0 Å². The molecule has 130 valence electrons. The zero-order valence-corrected chi connectivity index (χ0v) is 14.6. The van der Waals surface area contributed by atoms with E-state index in [2.05, 4.69) is 4.72 Å². The molecule has 0 radical (unpaired) electrons. The maximum absolute atomic E-state index is 14.3. The van der Waals surface area contributed by atoms with Crippen LogP contribution in [0.4, 0.5) is 10.1 Å². The highest BCUT2D eigenvalue weighted by Crippen LogP contribution is 2.35. The summed E-state index contributed by atoms with van der Waals surface area (Å²) in [5.74, 6) is -0.635. The van der Waals surface area contributed by atoms with Crippen LogP contribution in [-0.2, 0) is 16.9 Å². The molecule has 0 saturated heterocycles. The van der Waals surface area contributed by atoms with Crippen LogP contribution >= 0.6 is 0 Å². The predicted molar refractivity (Wildman–Crippen MR) is 87.8 cm³/mol. The Kier molecular flexibility index (Phi) is 6.52. The topological polar surface area (TPSA) is 98.5 Å². The second-order valence-corrected chi connectivity index (χ2v) is 8.28. The van der Waals surface area contributed by atoms with Crippen molar-refractivity contribution < 1.29 is 19.0 Å². The van der Waals surface area contributed by atoms with Gasteiger partial charge in [-0.2, -0.15) is 0 Å². The Balaban J connectivity index is 3.41. The normalized spacial score (nSPS) is 16.0. The molecule has 0 saturated carbocycles. The Morgan fingerprint density at radius 3 is 2.43 bits per heavy atom. The third-order valence-corrected chi connectivity index (χ3v) is 5.35. The summed E-state index contributed by atoms with van der Waals surface area (Å²) in [5.41, 5.74) is -1.36. The van der Waals surface area contributed by atoms with E-state index in [1.165, 1.54) is 0 Å². The first-order valence-electron chi connectivity index (χ1n) is 7.32. The first kappa shape index (κ1) is 19.8. The number of non-ortho nitro benzene ring substituents is 1. The Bertz CT molecular complexity index is 565. The highest BCUT2D eigenvalue weighted by atomic mass is 32.2. The van der Waals surface area contributed by atoms with Crippen molar-refractivity contribution in [2.75, 3.05) is 6.61 Å². The summed E-state index contributed by atoms with van der Waals surface area (Å²) in [4.78, 5) is 10.4. The van der Waals surface area contributed by atoms with E-state index < -0.39 is 32.4 Å². The van der Waals surface area contributed by atoms with E-state index >= 15 is 0 Å². The van der Waals surface area contributed by atoms with Crippen LogP contribution in [0.2, 0.25) is 0 Å². The summed E-state index contributed by atoms with van der Waals surface area (Å²) >= 11 is -1.53. The average molecular weight is 346 g/mol. The van der Waals surface area contributed by atoms with Crippen molar-refractivity contribution in [1.29, 1.82) is 0 Å². The first-order valence-corrected chi connectivity index (χ1v) is 8.47. The molecule has 0 bridgehead atoms. The van der Waals surface area contributed by atoms with Crippen LogP contribution in [0.25, 0.3) is 0 Å². The second-order valence-electron chi connectivity index (χ2n) is 6.31. The van der Waals surface area contributed by atoms with Crippen molar-refractivity contribution >= 4 is 17.0 Å². The Morgan fingerprint density at radius 2 is 2.00 bits per heavy atom. The van der Waals surface area contributed by atoms with Gasteiger partial charge < -0.3 is 9.66 Å². The molecule has 0 aliphatic carbocycles. The van der Waals surface area contributed by atoms with Crippen LogP contribution in [0, 0.1) is 15.9 Å². The van der Waals surface area contributed by atoms with Crippen LogP contribution in [-0.4, -0.2) is 25.9 Å². The molecule has 1 aromatic carbocycles. The summed E-state index contributed by atoms with van der Waals surface area (Å²) in [6.45, 7) is 6.77. The summed E-state index contributed by atoms with van der Waals surface area (Å²) < 4.78 is 29.1. The molecule has 0 amide bonds. The second kappa shape index (κ2) is 7.57. The monoisotopic (exact) mass is 346 g/mol. The number of halogens is 1. The maximum atomic E-state index is 14.3. The fourth-order valence-corrected chi connectivity index (χ4v) is 3.21. The molecule has 0 aromatic heterocycles. The summed E-state index contributed by atoms with van der Waals surface area (Å²) in [6, 6.07) is 3.25. The SMILES string of the molecule is CC[C@@](CCO)(N[S@@+]([O-])C(C)(C)C)c1cc([N+](=O)[O-])ccc1F.